The molecule has 0 saturated carbocycles. The first kappa shape index (κ1) is 23.7. The van der Waals surface area contributed by atoms with Crippen molar-refractivity contribution in [2.75, 3.05) is 18.6 Å². The van der Waals surface area contributed by atoms with Gasteiger partial charge in [-0.3, -0.25) is 14.6 Å². The zero-order valence-electron chi connectivity index (χ0n) is 20.7. The van der Waals surface area contributed by atoms with Crippen molar-refractivity contribution in [3.63, 3.8) is 0 Å². The molecule has 0 unspecified atom stereocenters. The van der Waals surface area contributed by atoms with E-state index in [0.717, 1.165) is 22.6 Å². The van der Waals surface area contributed by atoms with Crippen LogP contribution in [0.5, 0.6) is 17.2 Å². The lowest BCUT2D eigenvalue weighted by atomic mass is 9.80. The summed E-state index contributed by atoms with van der Waals surface area (Å²) >= 11 is 6.32. The van der Waals surface area contributed by atoms with Crippen molar-refractivity contribution in [1.29, 1.82) is 0 Å². The minimum atomic E-state index is -1.90. The van der Waals surface area contributed by atoms with Gasteiger partial charge in [0.1, 0.15) is 23.9 Å². The van der Waals surface area contributed by atoms with E-state index in [1.165, 1.54) is 4.90 Å². The number of rotatable bonds is 3. The number of carbonyl (C=O) groups excluding carboxylic acids is 2. The highest BCUT2D eigenvalue weighted by Crippen LogP contribution is 2.49. The molecule has 39 heavy (non-hydrogen) atoms. The highest BCUT2D eigenvalue weighted by Gasteiger charge is 2.53. The third-order valence-corrected chi connectivity index (χ3v) is 7.71. The van der Waals surface area contributed by atoms with Crippen LogP contribution in [0.3, 0.4) is 0 Å². The van der Waals surface area contributed by atoms with Gasteiger partial charge in [-0.25, -0.2) is 0 Å². The van der Waals surface area contributed by atoms with Crippen LogP contribution in [0.1, 0.15) is 27.0 Å². The molecule has 0 saturated heterocycles. The van der Waals surface area contributed by atoms with E-state index in [1.54, 1.807) is 55.7 Å². The molecular formula is C30H21ClN2O6. The lowest BCUT2D eigenvalue weighted by Gasteiger charge is -2.30. The fourth-order valence-electron chi connectivity index (χ4n) is 5.40. The number of ketones is 1. The summed E-state index contributed by atoms with van der Waals surface area (Å²) in [5.41, 5.74) is 1.93. The molecule has 0 fully saturated rings. The number of fused-ring (bicyclic) bond motifs is 5. The zero-order chi connectivity index (χ0) is 26.9. The van der Waals surface area contributed by atoms with Gasteiger partial charge < -0.3 is 24.2 Å². The number of halogens is 1. The van der Waals surface area contributed by atoms with Crippen molar-refractivity contribution >= 4 is 29.0 Å². The highest BCUT2D eigenvalue weighted by molar-refractivity contribution is 6.30. The maximum absolute atomic E-state index is 14.0. The van der Waals surface area contributed by atoms with Crippen molar-refractivity contribution in [3.05, 3.63) is 100 Å². The summed E-state index contributed by atoms with van der Waals surface area (Å²) in [5, 5.41) is 12.8. The normalized spacial score (nSPS) is 20.5. The van der Waals surface area contributed by atoms with E-state index >= 15 is 0 Å². The number of hydrogen-bond donors (Lipinski definition) is 1. The van der Waals surface area contributed by atoms with Gasteiger partial charge in [0.2, 0.25) is 5.78 Å². The number of anilines is 1. The number of aromatic nitrogens is 1. The molecule has 0 spiro atoms. The lowest BCUT2D eigenvalue weighted by molar-refractivity contribution is -0.121. The van der Waals surface area contributed by atoms with Gasteiger partial charge in [0, 0.05) is 46.1 Å². The van der Waals surface area contributed by atoms with E-state index < -0.39 is 17.5 Å². The minimum absolute atomic E-state index is 0.0716. The second-order valence-corrected chi connectivity index (χ2v) is 10.1. The number of nitrogens with zero attached hydrogens (tertiary/aromatic N) is 2. The number of benzene rings is 3. The summed E-state index contributed by atoms with van der Waals surface area (Å²) in [6.45, 7) is 0.189. The number of aliphatic hydroxyl groups is 1. The third kappa shape index (κ3) is 3.52. The van der Waals surface area contributed by atoms with E-state index in [2.05, 4.69) is 4.98 Å². The number of Topliss-reactive ketones (excluding diaryl/α,β-unsaturated/α-hetero) is 1. The molecule has 3 aliphatic heterocycles. The van der Waals surface area contributed by atoms with Crippen LogP contribution in [-0.2, 0) is 17.0 Å². The maximum Gasteiger partial charge on any atom is 0.264 e. The molecule has 3 aromatic carbocycles. The molecule has 4 aromatic rings. The molecular weight excluding hydrogens is 520 g/mol. The summed E-state index contributed by atoms with van der Waals surface area (Å²) in [6.07, 6.45) is 0.222. The maximum atomic E-state index is 14.0. The van der Waals surface area contributed by atoms with Crippen molar-refractivity contribution < 1.29 is 28.9 Å². The van der Waals surface area contributed by atoms with E-state index in [0.29, 0.717) is 33.3 Å². The van der Waals surface area contributed by atoms with Gasteiger partial charge in [-0.1, -0.05) is 23.7 Å². The van der Waals surface area contributed by atoms with Crippen LogP contribution in [-0.4, -0.2) is 41.5 Å². The number of ether oxygens (including phenoxy) is 3. The van der Waals surface area contributed by atoms with Crippen molar-refractivity contribution in [2.24, 2.45) is 0 Å². The van der Waals surface area contributed by atoms with Crippen LogP contribution in [0, 0.1) is 0 Å². The Hall–Kier alpha value is -4.40. The molecule has 0 bridgehead atoms. The molecule has 9 heteroatoms. The summed E-state index contributed by atoms with van der Waals surface area (Å²) in [7, 11) is 1.62. The van der Waals surface area contributed by atoms with Crippen LogP contribution in [0.4, 0.5) is 5.69 Å². The van der Waals surface area contributed by atoms with Crippen LogP contribution >= 0.6 is 11.6 Å². The monoisotopic (exact) mass is 540 g/mol. The average Bonchev–Trinajstić information content (AvgIpc) is 3.26. The summed E-state index contributed by atoms with van der Waals surface area (Å²) in [6, 6.07) is 19.1. The fourth-order valence-corrected chi connectivity index (χ4v) is 5.57. The largest absolute Gasteiger partial charge is 0.488 e. The number of amides is 1. The van der Waals surface area contributed by atoms with E-state index in [4.69, 9.17) is 25.8 Å². The smallest absolute Gasteiger partial charge is 0.264 e. The van der Waals surface area contributed by atoms with Crippen molar-refractivity contribution in [3.8, 4) is 28.5 Å². The Kier molecular flexibility index (Phi) is 5.20. The molecule has 8 nitrogen and oxygen atoms in total. The highest BCUT2D eigenvalue weighted by atomic mass is 35.5. The summed E-state index contributed by atoms with van der Waals surface area (Å²) < 4.78 is 17.5. The van der Waals surface area contributed by atoms with E-state index in [9.17, 15) is 14.7 Å². The van der Waals surface area contributed by atoms with Gasteiger partial charge >= 0.3 is 0 Å². The molecule has 0 aliphatic carbocycles. The minimum Gasteiger partial charge on any atom is -0.488 e. The predicted octanol–water partition coefficient (Wildman–Crippen LogP) is 4.53. The van der Waals surface area contributed by atoms with Gasteiger partial charge in [0.05, 0.1) is 11.4 Å². The average molecular weight is 541 g/mol. The molecule has 0 radical (unpaired) electrons. The first-order valence-electron chi connectivity index (χ1n) is 12.3. The summed E-state index contributed by atoms with van der Waals surface area (Å²) in [4.78, 5) is 32.3. The second kappa shape index (κ2) is 8.56. The van der Waals surface area contributed by atoms with Crippen LogP contribution in [0.25, 0.3) is 11.3 Å². The molecule has 194 valence electrons. The number of pyridine rings is 1. The van der Waals surface area contributed by atoms with Gasteiger partial charge in [0.15, 0.2) is 18.3 Å². The Bertz CT molecular complexity index is 1710. The predicted molar refractivity (Wildman–Crippen MR) is 143 cm³/mol. The first-order chi connectivity index (χ1) is 18.8. The fraction of sp³-hybridized carbons (Fsp3) is 0.167. The molecule has 1 aromatic heterocycles. The van der Waals surface area contributed by atoms with Gasteiger partial charge in [0.25, 0.3) is 5.91 Å². The van der Waals surface area contributed by atoms with Crippen molar-refractivity contribution in [2.45, 2.75) is 18.3 Å². The number of para-hydroxylation sites is 1. The number of hydrogen-bond acceptors (Lipinski definition) is 7. The quantitative estimate of drug-likeness (QED) is 0.381. The van der Waals surface area contributed by atoms with Gasteiger partial charge in [-0.05, 0) is 54.6 Å². The molecule has 3 aliphatic rings. The van der Waals surface area contributed by atoms with E-state index in [-0.39, 0.29) is 24.7 Å². The Morgan fingerprint density at radius 1 is 1.03 bits per heavy atom. The molecule has 7 rings (SSSR count). The Morgan fingerprint density at radius 2 is 1.82 bits per heavy atom. The first-order valence-corrected chi connectivity index (χ1v) is 12.7. The lowest BCUT2D eigenvalue weighted by Crippen LogP contribution is -2.45. The summed E-state index contributed by atoms with van der Waals surface area (Å²) in [5.74, 6) is 0.863. The standard InChI is InChI=1S/C30H21ClN2O6/c1-33-22-11-16(6-8-25(22)38-15-26(33)34)28(35)29-30(36,21-12-19(31)7-9-24(21)39-29)18-10-17-14-37-23-5-3-2-4-20(23)27(17)32-13-18/h2-13,29,36H,14-15H2,1H3/t29-,30-/m0/s1. The third-order valence-electron chi connectivity index (χ3n) is 7.48. The Labute approximate surface area is 228 Å². The SMILES string of the molecule is CN1C(=O)COc2ccc(C(=O)[C@@H]3Oc4ccc(Cl)cc4[C@@]3(O)c3cnc4c(c3)COc3ccccc3-4)cc21. The second-order valence-electron chi connectivity index (χ2n) is 9.71. The molecule has 1 N–H and O–H groups in total. The Balaban J connectivity index is 1.34. The van der Waals surface area contributed by atoms with E-state index in [1.807, 2.05) is 24.3 Å². The van der Waals surface area contributed by atoms with Crippen LogP contribution < -0.4 is 19.1 Å². The van der Waals surface area contributed by atoms with Crippen molar-refractivity contribution in [1.82, 2.24) is 4.98 Å². The van der Waals surface area contributed by atoms with Crippen LogP contribution in [0.2, 0.25) is 5.02 Å². The molecule has 2 atom stereocenters. The molecule has 1 amide bonds. The topological polar surface area (TPSA) is 98.2 Å². The van der Waals surface area contributed by atoms with Gasteiger partial charge in [-0.2, -0.15) is 0 Å². The van der Waals surface area contributed by atoms with Crippen LogP contribution in [0.15, 0.2) is 72.9 Å². The Morgan fingerprint density at radius 3 is 2.69 bits per heavy atom. The number of likely N-dealkylation sites (N-methyl/N-ethyl adjacent to an activating group) is 1. The molecule has 4 heterocycles. The van der Waals surface area contributed by atoms with Gasteiger partial charge in [-0.15, -0.1) is 0 Å². The number of carbonyl (C=O) groups is 2. The zero-order valence-corrected chi connectivity index (χ0v) is 21.4.